The summed E-state index contributed by atoms with van der Waals surface area (Å²) in [6.07, 6.45) is 3.12. The van der Waals surface area contributed by atoms with Crippen LogP contribution in [0.15, 0.2) is 0 Å². The fourth-order valence-electron chi connectivity index (χ4n) is 2.20. The first kappa shape index (κ1) is 14.9. The highest BCUT2D eigenvalue weighted by Gasteiger charge is 2.24. The molecular weight excluding hydrogens is 238 g/mol. The van der Waals surface area contributed by atoms with E-state index < -0.39 is 10.2 Å². The molecule has 0 aromatic rings. The minimum atomic E-state index is -3.28. The number of nitrogens with one attached hydrogen (secondary N) is 2. The number of hydrogen-bond donors (Lipinski definition) is 2. The Balaban J connectivity index is 2.58. The van der Waals surface area contributed by atoms with Gasteiger partial charge in [0.15, 0.2) is 0 Å². The van der Waals surface area contributed by atoms with Crippen LogP contribution < -0.4 is 10.0 Å². The van der Waals surface area contributed by atoms with Crippen molar-refractivity contribution >= 4 is 10.2 Å². The van der Waals surface area contributed by atoms with Gasteiger partial charge in [0.05, 0.1) is 0 Å². The molecule has 1 fully saturated rings. The van der Waals surface area contributed by atoms with Crippen LogP contribution in [0.5, 0.6) is 0 Å². The largest absolute Gasteiger partial charge is 0.316 e. The Kier molecular flexibility index (Phi) is 6.40. The summed E-state index contributed by atoms with van der Waals surface area (Å²) < 4.78 is 28.1. The minimum absolute atomic E-state index is 0.448. The lowest BCUT2D eigenvalue weighted by molar-refractivity contribution is 0.289. The summed E-state index contributed by atoms with van der Waals surface area (Å²) in [6, 6.07) is 0. The maximum absolute atomic E-state index is 12.0. The highest BCUT2D eigenvalue weighted by molar-refractivity contribution is 7.87. The van der Waals surface area contributed by atoms with Gasteiger partial charge in [0.1, 0.15) is 0 Å². The quantitative estimate of drug-likeness (QED) is 0.705. The lowest BCUT2D eigenvalue weighted by atomic mass is 10.00. The zero-order valence-electron chi connectivity index (χ0n) is 10.9. The Morgan fingerprint density at radius 1 is 1.41 bits per heavy atom. The van der Waals surface area contributed by atoms with Gasteiger partial charge in [-0.3, -0.25) is 0 Å². The second-order valence-electron chi connectivity index (χ2n) is 4.57. The normalized spacial score (nSPS) is 21.9. The van der Waals surface area contributed by atoms with Crippen LogP contribution in [-0.4, -0.2) is 45.4 Å². The summed E-state index contributed by atoms with van der Waals surface area (Å²) in [5, 5.41) is 3.32. The fourth-order valence-corrected chi connectivity index (χ4v) is 3.58. The first-order chi connectivity index (χ1) is 8.10. The van der Waals surface area contributed by atoms with E-state index in [4.69, 9.17) is 0 Å². The van der Waals surface area contributed by atoms with E-state index in [-0.39, 0.29) is 0 Å². The molecule has 1 saturated heterocycles. The van der Waals surface area contributed by atoms with Crippen molar-refractivity contribution in [3.8, 4) is 0 Å². The molecule has 0 bridgehead atoms. The van der Waals surface area contributed by atoms with Crippen LogP contribution in [0.2, 0.25) is 0 Å². The molecule has 1 aliphatic rings. The number of nitrogens with zero attached hydrogens (tertiary/aromatic N) is 1. The van der Waals surface area contributed by atoms with Crippen molar-refractivity contribution in [2.24, 2.45) is 5.92 Å². The maximum atomic E-state index is 12.0. The molecule has 0 radical (unpaired) electrons. The summed E-state index contributed by atoms with van der Waals surface area (Å²) in [5.41, 5.74) is 0. The van der Waals surface area contributed by atoms with Gasteiger partial charge in [-0.25, -0.2) is 4.72 Å². The van der Waals surface area contributed by atoms with Crippen molar-refractivity contribution in [2.75, 3.05) is 32.7 Å². The molecule has 0 aliphatic carbocycles. The average Bonchev–Trinajstić information content (AvgIpc) is 2.30. The van der Waals surface area contributed by atoms with Crippen LogP contribution in [0.3, 0.4) is 0 Å². The van der Waals surface area contributed by atoms with Gasteiger partial charge < -0.3 is 5.32 Å². The highest BCUT2D eigenvalue weighted by atomic mass is 32.2. The second-order valence-corrected chi connectivity index (χ2v) is 6.33. The van der Waals surface area contributed by atoms with Crippen molar-refractivity contribution in [3.63, 3.8) is 0 Å². The van der Waals surface area contributed by atoms with Crippen LogP contribution in [0.4, 0.5) is 0 Å². The summed E-state index contributed by atoms with van der Waals surface area (Å²) in [4.78, 5) is 0. The highest BCUT2D eigenvalue weighted by Crippen LogP contribution is 2.13. The minimum Gasteiger partial charge on any atom is -0.316 e. The first-order valence-corrected chi connectivity index (χ1v) is 7.99. The molecule has 2 N–H and O–H groups in total. The Bertz CT molecular complexity index is 300. The van der Waals surface area contributed by atoms with Gasteiger partial charge in [-0.15, -0.1) is 0 Å². The van der Waals surface area contributed by atoms with E-state index in [9.17, 15) is 8.42 Å². The van der Waals surface area contributed by atoms with Crippen LogP contribution in [0.25, 0.3) is 0 Å². The topological polar surface area (TPSA) is 61.4 Å². The van der Waals surface area contributed by atoms with E-state index in [0.717, 1.165) is 32.4 Å². The van der Waals surface area contributed by atoms with E-state index in [0.29, 0.717) is 25.6 Å². The van der Waals surface area contributed by atoms with Gasteiger partial charge in [0.2, 0.25) is 0 Å². The molecule has 0 saturated carbocycles. The number of rotatable bonds is 7. The molecule has 1 aliphatic heterocycles. The molecule has 17 heavy (non-hydrogen) atoms. The molecule has 6 heteroatoms. The Morgan fingerprint density at radius 2 is 2.18 bits per heavy atom. The van der Waals surface area contributed by atoms with E-state index >= 15 is 0 Å². The van der Waals surface area contributed by atoms with Crippen LogP contribution in [0.1, 0.15) is 33.1 Å². The summed E-state index contributed by atoms with van der Waals surface area (Å²) in [7, 11) is -3.28. The first-order valence-electron chi connectivity index (χ1n) is 6.55. The van der Waals surface area contributed by atoms with Crippen molar-refractivity contribution in [2.45, 2.75) is 33.1 Å². The Labute approximate surface area is 105 Å². The third kappa shape index (κ3) is 4.91. The second kappa shape index (κ2) is 7.31. The molecule has 1 heterocycles. The van der Waals surface area contributed by atoms with Crippen molar-refractivity contribution in [1.29, 1.82) is 0 Å². The molecule has 1 rings (SSSR count). The predicted molar refractivity (Wildman–Crippen MR) is 70.1 cm³/mol. The molecule has 1 unspecified atom stereocenters. The maximum Gasteiger partial charge on any atom is 0.279 e. The molecule has 5 nitrogen and oxygen atoms in total. The van der Waals surface area contributed by atoms with Gasteiger partial charge in [0.25, 0.3) is 10.2 Å². The van der Waals surface area contributed by atoms with Gasteiger partial charge in [-0.05, 0) is 38.3 Å². The monoisotopic (exact) mass is 263 g/mol. The number of piperidine rings is 1. The molecule has 0 spiro atoms. The van der Waals surface area contributed by atoms with Crippen molar-refractivity contribution in [3.05, 3.63) is 0 Å². The fraction of sp³-hybridized carbons (Fsp3) is 1.00. The Hall–Kier alpha value is -0.170. The van der Waals surface area contributed by atoms with Gasteiger partial charge in [0, 0.05) is 19.6 Å². The van der Waals surface area contributed by atoms with Gasteiger partial charge in [-0.1, -0.05) is 13.8 Å². The van der Waals surface area contributed by atoms with E-state index in [1.54, 1.807) is 4.31 Å². The summed E-state index contributed by atoms with van der Waals surface area (Å²) in [5.74, 6) is 0.448. The van der Waals surface area contributed by atoms with Crippen LogP contribution in [-0.2, 0) is 10.2 Å². The van der Waals surface area contributed by atoms with Crippen LogP contribution in [0, 0.1) is 5.92 Å². The van der Waals surface area contributed by atoms with Crippen LogP contribution >= 0.6 is 0 Å². The zero-order chi connectivity index (χ0) is 12.7. The lowest BCUT2D eigenvalue weighted by Crippen LogP contribution is -2.46. The van der Waals surface area contributed by atoms with Gasteiger partial charge >= 0.3 is 0 Å². The molecule has 0 amide bonds. The SMILES string of the molecule is CCCN(CC1CCCNC1)S(=O)(=O)NCC. The number of hydrogen-bond acceptors (Lipinski definition) is 3. The van der Waals surface area contributed by atoms with Crippen molar-refractivity contribution < 1.29 is 8.42 Å². The molecule has 1 atom stereocenters. The molecular formula is C11H25N3O2S. The van der Waals surface area contributed by atoms with E-state index in [2.05, 4.69) is 10.0 Å². The summed E-state index contributed by atoms with van der Waals surface area (Å²) in [6.45, 7) is 7.50. The average molecular weight is 263 g/mol. The molecule has 102 valence electrons. The zero-order valence-corrected chi connectivity index (χ0v) is 11.7. The van der Waals surface area contributed by atoms with Crippen molar-refractivity contribution in [1.82, 2.24) is 14.3 Å². The molecule has 0 aromatic heterocycles. The smallest absolute Gasteiger partial charge is 0.279 e. The van der Waals surface area contributed by atoms with E-state index in [1.165, 1.54) is 0 Å². The third-order valence-electron chi connectivity index (χ3n) is 3.00. The summed E-state index contributed by atoms with van der Waals surface area (Å²) >= 11 is 0. The lowest BCUT2D eigenvalue weighted by Gasteiger charge is -2.29. The Morgan fingerprint density at radius 3 is 2.71 bits per heavy atom. The third-order valence-corrected chi connectivity index (χ3v) is 4.67. The standard InChI is InChI=1S/C11H25N3O2S/c1-3-8-14(17(15,16)13-4-2)10-11-6-5-7-12-9-11/h11-13H,3-10H2,1-2H3. The molecule has 0 aromatic carbocycles. The predicted octanol–water partition coefficient (Wildman–Crippen LogP) is 0.552. The van der Waals surface area contributed by atoms with Gasteiger partial charge in [-0.2, -0.15) is 12.7 Å². The van der Waals surface area contributed by atoms with E-state index in [1.807, 2.05) is 13.8 Å².